The van der Waals surface area contributed by atoms with E-state index < -0.39 is 29.0 Å². The molecule has 2 heterocycles. The van der Waals surface area contributed by atoms with Gasteiger partial charge in [-0.15, -0.1) is 0 Å². The Bertz CT molecular complexity index is 883. The van der Waals surface area contributed by atoms with Crippen LogP contribution in [0.5, 0.6) is 0 Å². The lowest BCUT2D eigenvalue weighted by atomic mass is 9.94. The molecule has 112 valence electrons. The van der Waals surface area contributed by atoms with Crippen LogP contribution in [0.2, 0.25) is 0 Å². The monoisotopic (exact) mass is 304 g/mol. The van der Waals surface area contributed by atoms with Crippen LogP contribution in [0.1, 0.15) is 11.7 Å². The summed E-state index contributed by atoms with van der Waals surface area (Å²) in [6.45, 7) is 0. The Labute approximate surface area is 124 Å². The number of rotatable bonds is 1. The Morgan fingerprint density at radius 3 is 2.27 bits per heavy atom. The highest BCUT2D eigenvalue weighted by Gasteiger charge is 2.31. The number of benzene rings is 1. The van der Waals surface area contributed by atoms with E-state index in [2.05, 4.69) is 10.6 Å². The number of hydrogen-bond acceptors (Lipinski definition) is 4. The second kappa shape index (κ2) is 4.72. The topological polar surface area (TPSA) is 68.1 Å². The lowest BCUT2D eigenvalue weighted by molar-refractivity contribution is 0.549. The fourth-order valence-corrected chi connectivity index (χ4v) is 2.48. The summed E-state index contributed by atoms with van der Waals surface area (Å²) in [5, 5.41) is 5.45. The molecule has 1 atom stereocenters. The molecular formula is C13H11BF2N4O2. The SMILES string of the molecule is [B]c1cc(F)c(C2Nc3c(n(C)c(=O)n(C)c3=O)N2)c(F)c1. The number of hydrogen-bond donors (Lipinski definition) is 2. The fourth-order valence-electron chi connectivity index (χ4n) is 2.48. The first kappa shape index (κ1) is 14.4. The van der Waals surface area contributed by atoms with Gasteiger partial charge in [0.05, 0.1) is 5.56 Å². The number of anilines is 2. The molecule has 0 saturated carbocycles. The van der Waals surface area contributed by atoms with E-state index in [1.54, 1.807) is 0 Å². The van der Waals surface area contributed by atoms with E-state index in [9.17, 15) is 18.4 Å². The Morgan fingerprint density at radius 2 is 1.68 bits per heavy atom. The predicted molar refractivity (Wildman–Crippen MR) is 78.7 cm³/mol. The van der Waals surface area contributed by atoms with Gasteiger partial charge in [0.15, 0.2) is 0 Å². The van der Waals surface area contributed by atoms with E-state index in [1.807, 2.05) is 0 Å². The van der Waals surface area contributed by atoms with Gasteiger partial charge in [-0.1, -0.05) is 5.46 Å². The van der Waals surface area contributed by atoms with Gasteiger partial charge in [-0.25, -0.2) is 13.6 Å². The van der Waals surface area contributed by atoms with Crippen LogP contribution in [0.3, 0.4) is 0 Å². The highest BCUT2D eigenvalue weighted by atomic mass is 19.1. The molecule has 1 aromatic heterocycles. The maximum Gasteiger partial charge on any atom is 0.332 e. The molecule has 0 aliphatic carbocycles. The van der Waals surface area contributed by atoms with Crippen LogP contribution in [0.25, 0.3) is 0 Å². The molecule has 1 aliphatic rings. The number of aromatic nitrogens is 2. The minimum absolute atomic E-state index is 0.0439. The largest absolute Gasteiger partial charge is 0.354 e. The van der Waals surface area contributed by atoms with Crippen molar-refractivity contribution in [3.8, 4) is 0 Å². The molecule has 0 spiro atoms. The molecule has 0 amide bonds. The zero-order valence-electron chi connectivity index (χ0n) is 11.8. The molecule has 22 heavy (non-hydrogen) atoms. The maximum absolute atomic E-state index is 14.0. The van der Waals surface area contributed by atoms with E-state index >= 15 is 0 Å². The molecule has 6 nitrogen and oxygen atoms in total. The highest BCUT2D eigenvalue weighted by Crippen LogP contribution is 2.33. The van der Waals surface area contributed by atoms with Crippen LogP contribution in [-0.2, 0) is 14.1 Å². The third-order valence-corrected chi connectivity index (χ3v) is 3.62. The molecule has 0 bridgehead atoms. The van der Waals surface area contributed by atoms with Crippen molar-refractivity contribution in [1.29, 1.82) is 0 Å². The summed E-state index contributed by atoms with van der Waals surface area (Å²) in [6, 6.07) is 1.98. The summed E-state index contributed by atoms with van der Waals surface area (Å²) < 4.78 is 30.1. The molecule has 1 aliphatic heterocycles. The van der Waals surface area contributed by atoms with Gasteiger partial charge in [0, 0.05) is 14.1 Å². The van der Waals surface area contributed by atoms with Crippen molar-refractivity contribution in [2.45, 2.75) is 6.17 Å². The molecule has 2 radical (unpaired) electrons. The smallest absolute Gasteiger partial charge is 0.332 e. The Kier molecular flexibility index (Phi) is 3.08. The highest BCUT2D eigenvalue weighted by molar-refractivity contribution is 6.32. The van der Waals surface area contributed by atoms with Gasteiger partial charge in [-0.2, -0.15) is 0 Å². The second-order valence-electron chi connectivity index (χ2n) is 5.05. The molecule has 0 saturated heterocycles. The van der Waals surface area contributed by atoms with Crippen LogP contribution in [0, 0.1) is 11.6 Å². The first-order chi connectivity index (χ1) is 10.3. The Hall–Kier alpha value is -2.58. The minimum atomic E-state index is -1.02. The summed E-state index contributed by atoms with van der Waals surface area (Å²) in [7, 11) is 8.16. The standard InChI is InChI=1S/C13H11BF2N4O2/c1-19-11-9(12(21)20(2)13(19)22)17-10(18-11)8-6(15)3-5(14)4-7(8)16/h3-4,10,17-18H,1-2H3. The maximum atomic E-state index is 14.0. The molecule has 2 N–H and O–H groups in total. The summed E-state index contributed by atoms with van der Waals surface area (Å²) in [5.41, 5.74) is -1.40. The first-order valence-electron chi connectivity index (χ1n) is 6.38. The molecule has 2 aromatic rings. The van der Waals surface area contributed by atoms with Gasteiger partial charge in [0.25, 0.3) is 5.56 Å². The summed E-state index contributed by atoms with van der Waals surface area (Å²) in [5.74, 6) is -1.53. The molecule has 1 unspecified atom stereocenters. The van der Waals surface area contributed by atoms with Crippen molar-refractivity contribution in [3.63, 3.8) is 0 Å². The van der Waals surface area contributed by atoms with E-state index in [0.29, 0.717) is 0 Å². The zero-order valence-corrected chi connectivity index (χ0v) is 11.8. The van der Waals surface area contributed by atoms with E-state index in [1.165, 1.54) is 18.7 Å². The van der Waals surface area contributed by atoms with Gasteiger partial charge >= 0.3 is 5.69 Å². The number of halogens is 2. The van der Waals surface area contributed by atoms with Crippen molar-refractivity contribution in [2.75, 3.05) is 10.6 Å². The Balaban J connectivity index is 2.14. The third-order valence-electron chi connectivity index (χ3n) is 3.62. The molecule has 9 heteroatoms. The summed E-state index contributed by atoms with van der Waals surface area (Å²) in [6.07, 6.45) is -1.02. The fraction of sp³-hybridized carbons (Fsp3) is 0.231. The van der Waals surface area contributed by atoms with E-state index in [0.717, 1.165) is 16.7 Å². The van der Waals surface area contributed by atoms with Crippen LogP contribution in [0.4, 0.5) is 20.3 Å². The molecule has 1 aromatic carbocycles. The lowest BCUT2D eigenvalue weighted by Crippen LogP contribution is -2.37. The number of nitrogens with zero attached hydrogens (tertiary/aromatic N) is 2. The quantitative estimate of drug-likeness (QED) is 0.709. The van der Waals surface area contributed by atoms with Gasteiger partial charge in [-0.3, -0.25) is 13.9 Å². The molecule has 0 fully saturated rings. The van der Waals surface area contributed by atoms with Gasteiger partial charge in [0.1, 0.15) is 37.2 Å². The van der Waals surface area contributed by atoms with Crippen molar-refractivity contribution in [2.24, 2.45) is 14.1 Å². The summed E-state index contributed by atoms with van der Waals surface area (Å²) in [4.78, 5) is 23.9. The van der Waals surface area contributed by atoms with Crippen molar-refractivity contribution in [1.82, 2.24) is 9.13 Å². The summed E-state index contributed by atoms with van der Waals surface area (Å²) >= 11 is 0. The van der Waals surface area contributed by atoms with Gasteiger partial charge < -0.3 is 10.6 Å². The van der Waals surface area contributed by atoms with Crippen LogP contribution < -0.4 is 27.3 Å². The van der Waals surface area contributed by atoms with E-state index in [4.69, 9.17) is 7.85 Å². The van der Waals surface area contributed by atoms with Crippen LogP contribution in [-0.4, -0.2) is 17.0 Å². The lowest BCUT2D eigenvalue weighted by Gasteiger charge is -2.15. The van der Waals surface area contributed by atoms with Crippen molar-refractivity contribution < 1.29 is 8.78 Å². The van der Waals surface area contributed by atoms with Crippen molar-refractivity contribution >= 4 is 24.8 Å². The first-order valence-corrected chi connectivity index (χ1v) is 6.38. The normalized spacial score (nSPS) is 16.1. The molecule has 3 rings (SSSR count). The third kappa shape index (κ3) is 1.92. The van der Waals surface area contributed by atoms with Crippen LogP contribution >= 0.6 is 0 Å². The average Bonchev–Trinajstić information content (AvgIpc) is 2.86. The predicted octanol–water partition coefficient (Wildman–Crippen LogP) is -0.308. The minimum Gasteiger partial charge on any atom is -0.354 e. The van der Waals surface area contributed by atoms with Gasteiger partial charge in [0.2, 0.25) is 0 Å². The Morgan fingerprint density at radius 1 is 1.09 bits per heavy atom. The number of fused-ring (bicyclic) bond motifs is 1. The number of nitrogens with one attached hydrogen (secondary N) is 2. The molecular weight excluding hydrogens is 293 g/mol. The zero-order chi connectivity index (χ0) is 16.2. The van der Waals surface area contributed by atoms with Crippen molar-refractivity contribution in [3.05, 3.63) is 50.2 Å². The van der Waals surface area contributed by atoms with E-state index in [-0.39, 0.29) is 22.5 Å². The average molecular weight is 304 g/mol. The van der Waals surface area contributed by atoms with Crippen LogP contribution in [0.15, 0.2) is 21.7 Å². The second-order valence-corrected chi connectivity index (χ2v) is 5.05. The van der Waals surface area contributed by atoms with Gasteiger partial charge in [-0.05, 0) is 12.1 Å².